The van der Waals surface area contributed by atoms with Crippen molar-refractivity contribution >= 4 is 34.1 Å². The maximum atomic E-state index is 13.1. The molecule has 0 aliphatic rings. The molecule has 116 valence electrons. The maximum Gasteiger partial charge on any atom is 0.261 e. The number of carbonyl (C=O) groups is 1. The van der Waals surface area contributed by atoms with Gasteiger partial charge in [0, 0.05) is 23.3 Å². The van der Waals surface area contributed by atoms with Gasteiger partial charge in [0.05, 0.1) is 10.5 Å². The smallest absolute Gasteiger partial charge is 0.261 e. The van der Waals surface area contributed by atoms with Crippen molar-refractivity contribution in [2.75, 3.05) is 5.32 Å². The summed E-state index contributed by atoms with van der Waals surface area (Å²) in [4.78, 5) is 27.3. The van der Waals surface area contributed by atoms with Crippen LogP contribution in [0.25, 0.3) is 10.9 Å². The highest BCUT2D eigenvalue weighted by Gasteiger charge is 2.15. The summed E-state index contributed by atoms with van der Waals surface area (Å²) in [6.45, 7) is 0. The van der Waals surface area contributed by atoms with Crippen molar-refractivity contribution in [2.24, 2.45) is 0 Å². The lowest BCUT2D eigenvalue weighted by Gasteiger charge is -2.07. The molecule has 0 spiro atoms. The van der Waals surface area contributed by atoms with Gasteiger partial charge in [-0.15, -0.1) is 0 Å². The Labute approximate surface area is 133 Å². The molecule has 0 saturated heterocycles. The number of amides is 1. The van der Waals surface area contributed by atoms with Crippen molar-refractivity contribution in [2.45, 2.75) is 0 Å². The van der Waals surface area contributed by atoms with Crippen molar-refractivity contribution in [3.63, 3.8) is 0 Å². The summed E-state index contributed by atoms with van der Waals surface area (Å²) in [7, 11) is 0. The number of hydrogen-bond acceptors (Lipinski definition) is 2. The van der Waals surface area contributed by atoms with Gasteiger partial charge in [-0.3, -0.25) is 9.59 Å². The summed E-state index contributed by atoms with van der Waals surface area (Å²) >= 11 is 5.97. The number of nitrogens with one attached hydrogen (secondary N) is 2. The Bertz CT molecular complexity index is 965. The number of fused-ring (bicyclic) bond motifs is 1. The van der Waals surface area contributed by atoms with Crippen molar-refractivity contribution in [1.82, 2.24) is 4.98 Å². The van der Waals surface area contributed by atoms with Crippen molar-refractivity contribution in [1.29, 1.82) is 0 Å². The van der Waals surface area contributed by atoms with Crippen LogP contribution in [-0.2, 0) is 0 Å². The lowest BCUT2D eigenvalue weighted by Crippen LogP contribution is -2.22. The fourth-order valence-corrected chi connectivity index (χ4v) is 2.44. The molecule has 3 rings (SSSR count). The summed E-state index contributed by atoms with van der Waals surface area (Å²) in [5.41, 5.74) is -0.398. The van der Waals surface area contributed by atoms with E-state index in [1.54, 1.807) is 12.1 Å². The number of aromatic amines is 1. The third-order valence-corrected chi connectivity index (χ3v) is 3.54. The van der Waals surface area contributed by atoms with E-state index in [0.717, 1.165) is 12.1 Å². The molecule has 0 atom stereocenters. The van der Waals surface area contributed by atoms with E-state index in [2.05, 4.69) is 10.3 Å². The number of halogens is 3. The number of rotatable bonds is 2. The van der Waals surface area contributed by atoms with Gasteiger partial charge in [-0.2, -0.15) is 0 Å². The molecule has 0 aliphatic heterocycles. The monoisotopic (exact) mass is 334 g/mol. The minimum atomic E-state index is -0.834. The van der Waals surface area contributed by atoms with E-state index < -0.39 is 23.0 Å². The van der Waals surface area contributed by atoms with Crippen LogP contribution in [0.2, 0.25) is 5.02 Å². The normalized spacial score (nSPS) is 10.7. The molecule has 3 aromatic rings. The molecule has 2 N–H and O–H groups in total. The molecule has 0 aliphatic carbocycles. The summed E-state index contributed by atoms with van der Waals surface area (Å²) in [5, 5.41) is 2.88. The number of benzene rings is 2. The quantitative estimate of drug-likeness (QED) is 0.750. The highest BCUT2D eigenvalue weighted by molar-refractivity contribution is 6.35. The number of carbonyl (C=O) groups excluding carboxylic acids is 1. The first-order chi connectivity index (χ1) is 11.0. The Morgan fingerprint density at radius 3 is 2.52 bits per heavy atom. The lowest BCUT2D eigenvalue weighted by molar-refractivity contribution is 0.102. The van der Waals surface area contributed by atoms with Crippen LogP contribution in [0.4, 0.5) is 14.5 Å². The first-order valence-electron chi connectivity index (χ1n) is 6.53. The number of aromatic nitrogens is 1. The van der Waals surface area contributed by atoms with Gasteiger partial charge in [0.25, 0.3) is 5.91 Å². The molecule has 1 heterocycles. The van der Waals surface area contributed by atoms with Crippen LogP contribution in [0, 0.1) is 11.6 Å². The topological polar surface area (TPSA) is 62.0 Å². The fourth-order valence-electron chi connectivity index (χ4n) is 2.21. The van der Waals surface area contributed by atoms with Gasteiger partial charge < -0.3 is 10.3 Å². The van der Waals surface area contributed by atoms with E-state index >= 15 is 0 Å². The number of H-pyrrole nitrogens is 1. The summed E-state index contributed by atoms with van der Waals surface area (Å²) in [5.74, 6) is -2.45. The van der Waals surface area contributed by atoms with E-state index in [1.165, 1.54) is 12.3 Å². The SMILES string of the molecule is O=C(Nc1cc(F)cc(F)c1)c1c[nH]c2c(Cl)cccc2c1=O. The minimum Gasteiger partial charge on any atom is -0.359 e. The molecule has 1 amide bonds. The highest BCUT2D eigenvalue weighted by atomic mass is 35.5. The van der Waals surface area contributed by atoms with E-state index in [9.17, 15) is 18.4 Å². The van der Waals surface area contributed by atoms with Crippen LogP contribution in [0.15, 0.2) is 47.4 Å². The third-order valence-electron chi connectivity index (χ3n) is 3.23. The molecular weight excluding hydrogens is 326 g/mol. The van der Waals surface area contributed by atoms with Crippen LogP contribution >= 0.6 is 11.6 Å². The number of pyridine rings is 1. The zero-order chi connectivity index (χ0) is 16.6. The molecule has 23 heavy (non-hydrogen) atoms. The summed E-state index contributed by atoms with van der Waals surface area (Å²) < 4.78 is 26.3. The van der Waals surface area contributed by atoms with Gasteiger partial charge >= 0.3 is 0 Å². The van der Waals surface area contributed by atoms with Crippen LogP contribution < -0.4 is 10.7 Å². The predicted molar refractivity (Wildman–Crippen MR) is 83.9 cm³/mol. The van der Waals surface area contributed by atoms with E-state index in [-0.39, 0.29) is 16.6 Å². The van der Waals surface area contributed by atoms with Crippen molar-refractivity contribution < 1.29 is 13.6 Å². The Kier molecular flexibility index (Phi) is 3.83. The summed E-state index contributed by atoms with van der Waals surface area (Å²) in [6, 6.07) is 7.30. The first kappa shape index (κ1) is 15.2. The third kappa shape index (κ3) is 2.93. The number of anilines is 1. The van der Waals surface area contributed by atoms with Gasteiger partial charge in [-0.05, 0) is 24.3 Å². The second kappa shape index (κ2) is 5.81. The Morgan fingerprint density at radius 2 is 1.83 bits per heavy atom. The van der Waals surface area contributed by atoms with Gasteiger partial charge in [0.2, 0.25) is 5.43 Å². The first-order valence-corrected chi connectivity index (χ1v) is 6.91. The molecule has 0 radical (unpaired) electrons. The van der Waals surface area contributed by atoms with Crippen LogP contribution in [-0.4, -0.2) is 10.9 Å². The van der Waals surface area contributed by atoms with Gasteiger partial charge in [-0.1, -0.05) is 17.7 Å². The lowest BCUT2D eigenvalue weighted by atomic mass is 10.1. The standard InChI is InChI=1S/C16H9ClF2N2O2/c17-13-3-1-2-11-14(13)20-7-12(15(11)22)16(23)21-10-5-8(18)4-9(19)6-10/h1-7H,(H,20,22)(H,21,23). The van der Waals surface area contributed by atoms with E-state index in [4.69, 9.17) is 11.6 Å². The van der Waals surface area contributed by atoms with Gasteiger partial charge in [0.15, 0.2) is 0 Å². The molecule has 2 aromatic carbocycles. The Hall–Kier alpha value is -2.73. The maximum absolute atomic E-state index is 13.1. The van der Waals surface area contributed by atoms with Crippen LogP contribution in [0.1, 0.15) is 10.4 Å². The zero-order valence-electron chi connectivity index (χ0n) is 11.5. The average Bonchev–Trinajstić information content (AvgIpc) is 2.47. The zero-order valence-corrected chi connectivity index (χ0v) is 12.2. The van der Waals surface area contributed by atoms with Gasteiger partial charge in [-0.25, -0.2) is 8.78 Å². The molecule has 0 bridgehead atoms. The van der Waals surface area contributed by atoms with Crippen LogP contribution in [0.3, 0.4) is 0 Å². The van der Waals surface area contributed by atoms with Crippen molar-refractivity contribution in [3.8, 4) is 0 Å². The number of hydrogen-bond donors (Lipinski definition) is 2. The van der Waals surface area contributed by atoms with E-state index in [1.807, 2.05) is 0 Å². The Balaban J connectivity index is 2.01. The molecule has 1 aromatic heterocycles. The number of para-hydroxylation sites is 1. The molecular formula is C16H9ClF2N2O2. The average molecular weight is 335 g/mol. The van der Waals surface area contributed by atoms with Crippen molar-refractivity contribution in [3.05, 3.63) is 75.0 Å². The van der Waals surface area contributed by atoms with E-state index in [0.29, 0.717) is 16.6 Å². The highest BCUT2D eigenvalue weighted by Crippen LogP contribution is 2.19. The largest absolute Gasteiger partial charge is 0.359 e. The minimum absolute atomic E-state index is 0.0851. The second-order valence-electron chi connectivity index (χ2n) is 4.81. The molecule has 0 saturated carbocycles. The van der Waals surface area contributed by atoms with Gasteiger partial charge in [0.1, 0.15) is 17.2 Å². The van der Waals surface area contributed by atoms with Crippen LogP contribution in [0.5, 0.6) is 0 Å². The fraction of sp³-hybridized carbons (Fsp3) is 0. The summed E-state index contributed by atoms with van der Waals surface area (Å²) in [6.07, 6.45) is 1.21. The molecule has 0 unspecified atom stereocenters. The predicted octanol–water partition coefficient (Wildman–Crippen LogP) is 3.71. The second-order valence-corrected chi connectivity index (χ2v) is 5.21. The molecule has 7 heteroatoms. The Morgan fingerprint density at radius 1 is 1.13 bits per heavy atom. The molecule has 4 nitrogen and oxygen atoms in total. The molecule has 0 fully saturated rings.